The van der Waals surface area contributed by atoms with Gasteiger partial charge in [0.1, 0.15) is 0 Å². The minimum atomic E-state index is -3.10. The van der Waals surface area contributed by atoms with Crippen molar-refractivity contribution in [3.8, 4) is 5.75 Å². The summed E-state index contributed by atoms with van der Waals surface area (Å²) in [5, 5.41) is 17.7. The van der Waals surface area contributed by atoms with Crippen molar-refractivity contribution in [1.82, 2.24) is 0 Å². The molecular formula is C8H10BFO3. The predicted molar refractivity (Wildman–Crippen MR) is 47.4 cm³/mol. The van der Waals surface area contributed by atoms with E-state index in [-0.39, 0.29) is 5.46 Å². The highest BCUT2D eigenvalue weighted by molar-refractivity contribution is 6.58. The van der Waals surface area contributed by atoms with Crippen molar-refractivity contribution in [3.63, 3.8) is 0 Å². The van der Waals surface area contributed by atoms with Gasteiger partial charge in [-0.1, -0.05) is 6.07 Å². The summed E-state index contributed by atoms with van der Waals surface area (Å²) in [6.45, 7) is -6.19. The molecule has 0 saturated carbocycles. The molecule has 0 radical (unpaired) electrons. The van der Waals surface area contributed by atoms with E-state index in [2.05, 4.69) is 4.74 Å². The van der Waals surface area contributed by atoms with E-state index in [9.17, 15) is 4.39 Å². The summed E-state index contributed by atoms with van der Waals surface area (Å²) in [7, 11) is -1.90. The summed E-state index contributed by atoms with van der Waals surface area (Å²) in [6, 6.07) is 2.70. The lowest BCUT2D eigenvalue weighted by Crippen LogP contribution is -2.29. The minimum Gasteiger partial charge on any atom is -0.491 e. The van der Waals surface area contributed by atoms with Crippen LogP contribution in [0.4, 0.5) is 4.39 Å². The molecule has 1 aromatic rings. The summed E-state index contributed by atoms with van der Waals surface area (Å²) >= 11 is 0. The summed E-state index contributed by atoms with van der Waals surface area (Å²) < 4.78 is 52.8. The lowest BCUT2D eigenvalue weighted by Gasteiger charge is -2.06. The van der Waals surface area contributed by atoms with E-state index < -0.39 is 32.1 Å². The van der Waals surface area contributed by atoms with Crippen molar-refractivity contribution in [2.45, 2.75) is 6.85 Å². The predicted octanol–water partition coefficient (Wildman–Crippen LogP) is -0.0958. The van der Waals surface area contributed by atoms with E-state index in [0.29, 0.717) is 0 Å². The lowest BCUT2D eigenvalue weighted by molar-refractivity contribution is 0.321. The molecule has 13 heavy (non-hydrogen) atoms. The SMILES string of the molecule is [2H]C([2H])([2H])C([2H])([2H])Oc1cc(B(O)O)ccc1F. The first-order chi connectivity index (χ1) is 8.04. The van der Waals surface area contributed by atoms with E-state index in [1.165, 1.54) is 0 Å². The Balaban J connectivity index is 3.07. The van der Waals surface area contributed by atoms with Crippen molar-refractivity contribution >= 4 is 12.6 Å². The first-order valence-corrected chi connectivity index (χ1v) is 3.39. The maximum absolute atomic E-state index is 13.3. The number of ether oxygens (including phenoxy) is 1. The number of rotatable bonds is 3. The van der Waals surface area contributed by atoms with Crippen LogP contribution in [0.2, 0.25) is 0 Å². The van der Waals surface area contributed by atoms with Crippen LogP contribution in [-0.4, -0.2) is 23.7 Å². The molecule has 1 rings (SSSR count). The number of halogens is 1. The lowest BCUT2D eigenvalue weighted by atomic mass is 9.80. The third-order valence-corrected chi connectivity index (χ3v) is 1.41. The monoisotopic (exact) mass is 189 g/mol. The number of hydrogen-bond acceptors (Lipinski definition) is 3. The Morgan fingerprint density at radius 2 is 2.46 bits per heavy atom. The van der Waals surface area contributed by atoms with Crippen LogP contribution in [0.5, 0.6) is 5.75 Å². The van der Waals surface area contributed by atoms with Gasteiger partial charge in [0.2, 0.25) is 0 Å². The third kappa shape index (κ3) is 2.43. The first-order valence-electron chi connectivity index (χ1n) is 5.89. The van der Waals surface area contributed by atoms with Crippen LogP contribution in [-0.2, 0) is 0 Å². The molecular weight excluding hydrogens is 174 g/mol. The smallest absolute Gasteiger partial charge is 0.488 e. The van der Waals surface area contributed by atoms with Gasteiger partial charge in [0.15, 0.2) is 11.6 Å². The van der Waals surface area contributed by atoms with Gasteiger partial charge in [-0.05, 0) is 24.4 Å². The summed E-state index contributed by atoms with van der Waals surface area (Å²) in [5.41, 5.74) is -0.146. The molecule has 2 N–H and O–H groups in total. The van der Waals surface area contributed by atoms with Gasteiger partial charge in [-0.25, -0.2) is 4.39 Å². The second kappa shape index (κ2) is 4.25. The Labute approximate surface area is 82.9 Å². The second-order valence-corrected chi connectivity index (χ2v) is 2.27. The average Bonchev–Trinajstić information content (AvgIpc) is 2.18. The molecule has 0 bridgehead atoms. The molecule has 0 unspecified atom stereocenters. The molecule has 3 nitrogen and oxygen atoms in total. The molecule has 0 aliphatic carbocycles. The maximum Gasteiger partial charge on any atom is 0.488 e. The Bertz CT molecular complexity index is 437. The number of hydrogen-bond donors (Lipinski definition) is 2. The Morgan fingerprint density at radius 3 is 3.08 bits per heavy atom. The van der Waals surface area contributed by atoms with E-state index in [1.54, 1.807) is 0 Å². The van der Waals surface area contributed by atoms with Crippen molar-refractivity contribution in [3.05, 3.63) is 24.0 Å². The zero-order valence-electron chi connectivity index (χ0n) is 11.5. The summed E-state index contributed by atoms with van der Waals surface area (Å²) in [4.78, 5) is 0. The molecule has 0 amide bonds. The van der Waals surface area contributed by atoms with Crippen LogP contribution in [0.3, 0.4) is 0 Å². The van der Waals surface area contributed by atoms with E-state index >= 15 is 0 Å². The fraction of sp³-hybridized carbons (Fsp3) is 0.250. The van der Waals surface area contributed by atoms with Crippen LogP contribution >= 0.6 is 0 Å². The van der Waals surface area contributed by atoms with E-state index in [0.717, 1.165) is 18.2 Å². The Hall–Kier alpha value is -1.07. The standard InChI is InChI=1S/C8H10BFO3/c1-2-13-8-5-6(9(11)12)3-4-7(8)10/h3-5,11-12H,2H2,1H3/i1D3,2D2. The molecule has 0 saturated heterocycles. The molecule has 1 aromatic carbocycles. The van der Waals surface area contributed by atoms with Crippen LogP contribution in [0, 0.1) is 5.82 Å². The molecule has 0 heterocycles. The largest absolute Gasteiger partial charge is 0.491 e. The molecule has 0 aromatic heterocycles. The van der Waals surface area contributed by atoms with Crippen molar-refractivity contribution < 1.29 is 26.0 Å². The average molecular weight is 189 g/mol. The third-order valence-electron chi connectivity index (χ3n) is 1.41. The van der Waals surface area contributed by atoms with Crippen LogP contribution < -0.4 is 10.2 Å². The van der Waals surface area contributed by atoms with Gasteiger partial charge in [-0.2, -0.15) is 0 Å². The molecule has 0 aliphatic rings. The van der Waals surface area contributed by atoms with Crippen molar-refractivity contribution in [1.29, 1.82) is 0 Å². The number of benzene rings is 1. The van der Waals surface area contributed by atoms with Crippen molar-refractivity contribution in [2.24, 2.45) is 0 Å². The van der Waals surface area contributed by atoms with Gasteiger partial charge < -0.3 is 14.8 Å². The molecule has 0 atom stereocenters. The summed E-state index contributed by atoms with van der Waals surface area (Å²) in [6.07, 6.45) is 0. The fourth-order valence-electron chi connectivity index (χ4n) is 0.814. The Kier molecular flexibility index (Phi) is 1.63. The van der Waals surface area contributed by atoms with Crippen LogP contribution in [0.25, 0.3) is 0 Å². The van der Waals surface area contributed by atoms with Gasteiger partial charge >= 0.3 is 7.12 Å². The van der Waals surface area contributed by atoms with E-state index in [1.807, 2.05) is 0 Å². The Morgan fingerprint density at radius 1 is 1.69 bits per heavy atom. The van der Waals surface area contributed by atoms with Gasteiger partial charge in [0.05, 0.1) is 9.30 Å². The fourth-order valence-corrected chi connectivity index (χ4v) is 0.814. The van der Waals surface area contributed by atoms with Gasteiger partial charge in [-0.15, -0.1) is 0 Å². The molecule has 70 valence electrons. The maximum atomic E-state index is 13.3. The summed E-state index contributed by atoms with van der Waals surface area (Å²) in [5.74, 6) is -1.71. The topological polar surface area (TPSA) is 49.7 Å². The highest BCUT2D eigenvalue weighted by atomic mass is 19.1. The van der Waals surface area contributed by atoms with Gasteiger partial charge in [0.25, 0.3) is 0 Å². The van der Waals surface area contributed by atoms with Crippen LogP contribution in [0.15, 0.2) is 18.2 Å². The normalized spacial score (nSPS) is 17.6. The van der Waals surface area contributed by atoms with E-state index in [4.69, 9.17) is 16.9 Å². The highest BCUT2D eigenvalue weighted by Crippen LogP contribution is 2.14. The molecule has 0 spiro atoms. The molecule has 0 aliphatic heterocycles. The second-order valence-electron chi connectivity index (χ2n) is 2.27. The molecule has 0 fully saturated rings. The quantitative estimate of drug-likeness (QED) is 0.653. The van der Waals surface area contributed by atoms with Crippen LogP contribution in [0.1, 0.15) is 13.7 Å². The zero-order chi connectivity index (χ0) is 14.1. The minimum absolute atomic E-state index is 0.146. The first kappa shape index (κ1) is 4.98. The highest BCUT2D eigenvalue weighted by Gasteiger charge is 2.13. The van der Waals surface area contributed by atoms with Gasteiger partial charge in [0, 0.05) is 4.11 Å². The van der Waals surface area contributed by atoms with Crippen molar-refractivity contribution in [2.75, 3.05) is 6.56 Å². The van der Waals surface area contributed by atoms with Gasteiger partial charge in [-0.3, -0.25) is 0 Å². The molecule has 5 heteroatoms. The zero-order valence-corrected chi connectivity index (χ0v) is 6.49.